The van der Waals surface area contributed by atoms with Gasteiger partial charge < -0.3 is 15.3 Å². The molecular formula is C22H43NO3. The summed E-state index contributed by atoms with van der Waals surface area (Å²) in [4.78, 5) is 1.98. The highest BCUT2D eigenvalue weighted by Crippen LogP contribution is 2.08. The molecular weight excluding hydrogens is 326 g/mol. The Hall–Kier alpha value is -0.680. The lowest BCUT2D eigenvalue weighted by Crippen LogP contribution is -2.39. The van der Waals surface area contributed by atoms with E-state index in [1.165, 1.54) is 12.8 Å². The first-order valence-corrected chi connectivity index (χ1v) is 10.6. The first-order valence-electron chi connectivity index (χ1n) is 10.6. The molecule has 0 bridgehead atoms. The number of allylic oxidation sites excluding steroid dienone is 4. The highest BCUT2D eigenvalue weighted by atomic mass is 16.3. The van der Waals surface area contributed by atoms with Crippen LogP contribution < -0.4 is 0 Å². The molecule has 0 aromatic heterocycles. The average molecular weight is 370 g/mol. The van der Waals surface area contributed by atoms with Crippen molar-refractivity contribution in [1.82, 2.24) is 4.90 Å². The van der Waals surface area contributed by atoms with Crippen molar-refractivity contribution in [2.45, 2.75) is 90.3 Å². The quantitative estimate of drug-likeness (QED) is 0.252. The van der Waals surface area contributed by atoms with Gasteiger partial charge in [0.25, 0.3) is 0 Å². The molecule has 0 spiro atoms. The third-order valence-electron chi connectivity index (χ3n) is 4.41. The number of aliphatic hydroxyl groups is 3. The lowest BCUT2D eigenvalue weighted by molar-refractivity contribution is 0.0526. The molecule has 0 rings (SSSR count). The lowest BCUT2D eigenvalue weighted by atomic mass is 10.1. The van der Waals surface area contributed by atoms with Crippen molar-refractivity contribution in [2.24, 2.45) is 0 Å². The Balaban J connectivity index is 3.97. The Morgan fingerprint density at radius 3 is 1.54 bits per heavy atom. The summed E-state index contributed by atoms with van der Waals surface area (Å²) in [5, 5.41) is 29.7. The van der Waals surface area contributed by atoms with Crippen LogP contribution in [0.3, 0.4) is 0 Å². The first kappa shape index (κ1) is 25.3. The predicted octanol–water partition coefficient (Wildman–Crippen LogP) is 4.06. The summed E-state index contributed by atoms with van der Waals surface area (Å²) < 4.78 is 0. The first-order chi connectivity index (χ1) is 12.6. The van der Waals surface area contributed by atoms with E-state index in [1.54, 1.807) is 0 Å². The van der Waals surface area contributed by atoms with E-state index < -0.39 is 12.2 Å². The van der Waals surface area contributed by atoms with Crippen LogP contribution in [0.15, 0.2) is 24.3 Å². The molecule has 4 nitrogen and oxygen atoms in total. The molecule has 0 saturated carbocycles. The van der Waals surface area contributed by atoms with Crippen LogP contribution in [0.4, 0.5) is 0 Å². The minimum absolute atomic E-state index is 0.0545. The number of unbranched alkanes of at least 4 members (excludes halogenated alkanes) is 4. The fraction of sp³-hybridized carbons (Fsp3) is 0.818. The molecule has 0 radical (unpaired) electrons. The maximum Gasteiger partial charge on any atom is 0.0667 e. The summed E-state index contributed by atoms with van der Waals surface area (Å²) in [5.74, 6) is 0. The summed E-state index contributed by atoms with van der Waals surface area (Å²) in [6.07, 6.45) is 18.1. The molecule has 26 heavy (non-hydrogen) atoms. The number of aliphatic hydroxyl groups excluding tert-OH is 3. The van der Waals surface area contributed by atoms with Crippen LogP contribution in [-0.2, 0) is 0 Å². The summed E-state index contributed by atoms with van der Waals surface area (Å²) in [6, 6.07) is 0. The van der Waals surface area contributed by atoms with E-state index in [0.717, 1.165) is 51.4 Å². The second-order valence-electron chi connectivity index (χ2n) is 7.17. The van der Waals surface area contributed by atoms with Crippen LogP contribution in [0.5, 0.6) is 0 Å². The Kier molecular flexibility index (Phi) is 18.6. The zero-order chi connectivity index (χ0) is 19.5. The van der Waals surface area contributed by atoms with Gasteiger partial charge in [-0.2, -0.15) is 0 Å². The minimum Gasteiger partial charge on any atom is -0.395 e. The summed E-state index contributed by atoms with van der Waals surface area (Å²) in [5.41, 5.74) is 0. The third-order valence-corrected chi connectivity index (χ3v) is 4.41. The number of nitrogens with zero attached hydrogens (tertiary/aromatic N) is 1. The third kappa shape index (κ3) is 16.8. The summed E-state index contributed by atoms with van der Waals surface area (Å²) >= 11 is 0. The van der Waals surface area contributed by atoms with Gasteiger partial charge in [0.2, 0.25) is 0 Å². The summed E-state index contributed by atoms with van der Waals surface area (Å²) in [6.45, 7) is 5.93. The SMILES string of the molecule is CCC/C=C/CCCC(O)CN(CCO)CC(O)CCC/C=C/CCC. The molecule has 2 atom stereocenters. The van der Waals surface area contributed by atoms with E-state index >= 15 is 0 Å². The molecule has 0 aliphatic carbocycles. The van der Waals surface area contributed by atoms with Gasteiger partial charge >= 0.3 is 0 Å². The van der Waals surface area contributed by atoms with Gasteiger partial charge in [0.15, 0.2) is 0 Å². The molecule has 0 amide bonds. The molecule has 0 heterocycles. The lowest BCUT2D eigenvalue weighted by Gasteiger charge is -2.26. The Morgan fingerprint density at radius 1 is 0.731 bits per heavy atom. The fourth-order valence-corrected chi connectivity index (χ4v) is 2.92. The topological polar surface area (TPSA) is 63.9 Å². The molecule has 0 aromatic carbocycles. The molecule has 3 N–H and O–H groups in total. The van der Waals surface area contributed by atoms with Crippen molar-refractivity contribution in [3.05, 3.63) is 24.3 Å². The van der Waals surface area contributed by atoms with Crippen molar-refractivity contribution in [1.29, 1.82) is 0 Å². The second-order valence-corrected chi connectivity index (χ2v) is 7.17. The van der Waals surface area contributed by atoms with Crippen molar-refractivity contribution >= 4 is 0 Å². The molecule has 0 aromatic rings. The highest BCUT2D eigenvalue weighted by molar-refractivity contribution is 4.82. The normalized spacial score (nSPS) is 14.7. The van der Waals surface area contributed by atoms with Crippen LogP contribution in [0.25, 0.3) is 0 Å². The predicted molar refractivity (Wildman–Crippen MR) is 111 cm³/mol. The van der Waals surface area contributed by atoms with E-state index in [4.69, 9.17) is 0 Å². The average Bonchev–Trinajstić information content (AvgIpc) is 2.61. The van der Waals surface area contributed by atoms with Crippen molar-refractivity contribution in [2.75, 3.05) is 26.2 Å². The van der Waals surface area contributed by atoms with Crippen molar-refractivity contribution in [3.8, 4) is 0 Å². The maximum atomic E-state index is 10.2. The van der Waals surface area contributed by atoms with Crippen LogP contribution in [0, 0.1) is 0 Å². The van der Waals surface area contributed by atoms with E-state index in [0.29, 0.717) is 19.6 Å². The smallest absolute Gasteiger partial charge is 0.0667 e. The standard InChI is InChI=1S/C22H43NO3/c1-3-5-7-9-11-13-15-21(25)19-23(17-18-24)20-22(26)16-14-12-10-8-6-4-2/h7-10,21-22,24-26H,3-6,11-20H2,1-2H3/b9-7+,10-8+. The second kappa shape index (κ2) is 19.1. The van der Waals surface area contributed by atoms with Crippen LogP contribution in [-0.4, -0.2) is 58.7 Å². The highest BCUT2D eigenvalue weighted by Gasteiger charge is 2.15. The zero-order valence-electron chi connectivity index (χ0n) is 17.2. The molecule has 0 saturated heterocycles. The number of hydrogen-bond donors (Lipinski definition) is 3. The monoisotopic (exact) mass is 369 g/mol. The van der Waals surface area contributed by atoms with E-state index in [1.807, 2.05) is 4.90 Å². The molecule has 0 aliphatic rings. The van der Waals surface area contributed by atoms with Gasteiger partial charge in [-0.25, -0.2) is 0 Å². The van der Waals surface area contributed by atoms with Gasteiger partial charge in [-0.05, 0) is 51.4 Å². The molecule has 2 unspecified atom stereocenters. The van der Waals surface area contributed by atoms with Crippen LogP contribution in [0.1, 0.15) is 78.1 Å². The van der Waals surface area contributed by atoms with Gasteiger partial charge in [0.1, 0.15) is 0 Å². The maximum absolute atomic E-state index is 10.2. The van der Waals surface area contributed by atoms with Gasteiger partial charge in [-0.15, -0.1) is 0 Å². The Bertz CT molecular complexity index is 314. The molecule has 0 fully saturated rings. The van der Waals surface area contributed by atoms with Crippen molar-refractivity contribution < 1.29 is 15.3 Å². The fourth-order valence-electron chi connectivity index (χ4n) is 2.92. The number of rotatable bonds is 18. The van der Waals surface area contributed by atoms with E-state index in [9.17, 15) is 15.3 Å². The largest absolute Gasteiger partial charge is 0.395 e. The molecule has 4 heteroatoms. The Labute approximate surface area is 161 Å². The van der Waals surface area contributed by atoms with E-state index in [-0.39, 0.29) is 6.61 Å². The minimum atomic E-state index is -0.398. The Morgan fingerprint density at radius 2 is 1.15 bits per heavy atom. The van der Waals surface area contributed by atoms with Gasteiger partial charge in [-0.1, -0.05) is 51.0 Å². The summed E-state index contributed by atoms with van der Waals surface area (Å²) in [7, 11) is 0. The van der Waals surface area contributed by atoms with E-state index in [2.05, 4.69) is 38.2 Å². The zero-order valence-corrected chi connectivity index (χ0v) is 17.2. The van der Waals surface area contributed by atoms with Crippen molar-refractivity contribution in [3.63, 3.8) is 0 Å². The number of hydrogen-bond acceptors (Lipinski definition) is 4. The van der Waals surface area contributed by atoms with Crippen LogP contribution in [0.2, 0.25) is 0 Å². The van der Waals surface area contributed by atoms with Gasteiger partial charge in [0.05, 0.1) is 18.8 Å². The van der Waals surface area contributed by atoms with Gasteiger partial charge in [-0.3, -0.25) is 4.90 Å². The molecule has 154 valence electrons. The van der Waals surface area contributed by atoms with Crippen LogP contribution >= 0.6 is 0 Å². The van der Waals surface area contributed by atoms with Gasteiger partial charge in [0, 0.05) is 19.6 Å². The molecule has 0 aliphatic heterocycles.